The van der Waals surface area contributed by atoms with Crippen LogP contribution in [-0.4, -0.2) is 24.9 Å². The van der Waals surface area contributed by atoms with Gasteiger partial charge in [-0.15, -0.1) is 0 Å². The van der Waals surface area contributed by atoms with Crippen molar-refractivity contribution in [2.24, 2.45) is 0 Å². The van der Waals surface area contributed by atoms with Crippen molar-refractivity contribution < 1.29 is 14.3 Å². The lowest BCUT2D eigenvalue weighted by Crippen LogP contribution is -2.44. The van der Waals surface area contributed by atoms with Crippen molar-refractivity contribution in [3.8, 4) is 5.75 Å². The van der Waals surface area contributed by atoms with Gasteiger partial charge in [0.2, 0.25) is 5.91 Å². The first-order valence-electron chi connectivity index (χ1n) is 10.1. The van der Waals surface area contributed by atoms with E-state index in [4.69, 9.17) is 16.3 Å². The third kappa shape index (κ3) is 5.21. The number of amides is 2. The summed E-state index contributed by atoms with van der Waals surface area (Å²) in [7, 11) is 0. The number of rotatable bonds is 6. The molecule has 0 aliphatic carbocycles. The van der Waals surface area contributed by atoms with Crippen LogP contribution in [0.2, 0.25) is 5.02 Å². The van der Waals surface area contributed by atoms with E-state index in [0.717, 1.165) is 15.6 Å². The third-order valence-corrected chi connectivity index (χ3v) is 5.95. The number of nitrogens with zero attached hydrogens (tertiary/aromatic N) is 1. The van der Waals surface area contributed by atoms with Crippen LogP contribution in [0.25, 0.3) is 6.08 Å². The van der Waals surface area contributed by atoms with Gasteiger partial charge in [0.05, 0.1) is 5.69 Å². The summed E-state index contributed by atoms with van der Waals surface area (Å²) in [6.07, 6.45) is 2.34. The molecule has 1 aliphatic rings. The van der Waals surface area contributed by atoms with Gasteiger partial charge in [-0.25, -0.2) is 0 Å². The number of ether oxygens (including phenoxy) is 1. The second-order valence-electron chi connectivity index (χ2n) is 7.22. The molecule has 1 heterocycles. The van der Waals surface area contributed by atoms with Crippen molar-refractivity contribution in [2.75, 3.05) is 18.0 Å². The minimum absolute atomic E-state index is 0.104. The maximum atomic E-state index is 13.2. The molecule has 32 heavy (non-hydrogen) atoms. The number of benzene rings is 3. The number of hydrogen-bond donors (Lipinski definition) is 1. The second-order valence-corrected chi connectivity index (χ2v) is 8.51. The van der Waals surface area contributed by atoms with Gasteiger partial charge < -0.3 is 10.1 Å². The van der Waals surface area contributed by atoms with Crippen molar-refractivity contribution >= 4 is 51.1 Å². The van der Waals surface area contributed by atoms with Gasteiger partial charge in [0.25, 0.3) is 5.91 Å². The Kier molecular flexibility index (Phi) is 6.93. The van der Waals surface area contributed by atoms with Crippen molar-refractivity contribution in [3.63, 3.8) is 0 Å². The molecule has 0 radical (unpaired) electrons. The number of halogens is 2. The summed E-state index contributed by atoms with van der Waals surface area (Å²) in [4.78, 5) is 27.3. The van der Waals surface area contributed by atoms with E-state index in [1.54, 1.807) is 18.2 Å². The number of nitrogens with one attached hydrogen (secondary N) is 1. The van der Waals surface area contributed by atoms with Gasteiger partial charge in [-0.2, -0.15) is 0 Å². The SMILES string of the molecule is O=C(CN1C(=O)/C(=C\c2ccccc2Br)Oc2ccccc21)NCCc1ccc(Cl)cc1. The molecule has 1 aliphatic heterocycles. The fraction of sp³-hybridized carbons (Fsp3) is 0.120. The maximum Gasteiger partial charge on any atom is 0.294 e. The van der Waals surface area contributed by atoms with E-state index in [9.17, 15) is 9.59 Å². The molecule has 0 atom stereocenters. The topological polar surface area (TPSA) is 58.6 Å². The average Bonchev–Trinajstić information content (AvgIpc) is 2.79. The van der Waals surface area contributed by atoms with Crippen LogP contribution in [-0.2, 0) is 16.0 Å². The quantitative estimate of drug-likeness (QED) is 0.461. The highest BCUT2D eigenvalue weighted by molar-refractivity contribution is 9.10. The lowest BCUT2D eigenvalue weighted by molar-refractivity contribution is -0.123. The van der Waals surface area contributed by atoms with Crippen LogP contribution in [0.3, 0.4) is 0 Å². The summed E-state index contributed by atoms with van der Waals surface area (Å²) in [5.74, 6) is 0.0699. The minimum Gasteiger partial charge on any atom is -0.449 e. The van der Waals surface area contributed by atoms with E-state index in [-0.39, 0.29) is 24.1 Å². The van der Waals surface area contributed by atoms with E-state index in [1.165, 1.54) is 4.90 Å². The lowest BCUT2D eigenvalue weighted by atomic mass is 10.1. The fourth-order valence-corrected chi connectivity index (χ4v) is 3.87. The summed E-state index contributed by atoms with van der Waals surface area (Å²) in [5.41, 5.74) is 2.44. The first kappa shape index (κ1) is 22.1. The van der Waals surface area contributed by atoms with E-state index < -0.39 is 0 Å². The van der Waals surface area contributed by atoms with Crippen molar-refractivity contribution in [3.05, 3.63) is 99.2 Å². The van der Waals surface area contributed by atoms with Gasteiger partial charge in [-0.05, 0) is 54.0 Å². The Balaban J connectivity index is 1.48. The van der Waals surface area contributed by atoms with Crippen LogP contribution in [0.4, 0.5) is 5.69 Å². The summed E-state index contributed by atoms with van der Waals surface area (Å²) in [6.45, 7) is 0.355. The molecule has 1 N–H and O–H groups in total. The molecule has 5 nitrogen and oxygen atoms in total. The zero-order chi connectivity index (χ0) is 22.5. The Morgan fingerprint density at radius 3 is 2.53 bits per heavy atom. The minimum atomic E-state index is -0.368. The Hall–Kier alpha value is -3.09. The number of para-hydroxylation sites is 2. The number of anilines is 1. The molecular weight excluding hydrogens is 492 g/mol. The van der Waals surface area contributed by atoms with E-state index in [2.05, 4.69) is 21.2 Å². The number of hydrogen-bond acceptors (Lipinski definition) is 3. The summed E-state index contributed by atoms with van der Waals surface area (Å²) in [6, 6.07) is 22.2. The van der Waals surface area contributed by atoms with E-state index >= 15 is 0 Å². The van der Waals surface area contributed by atoms with Gasteiger partial charge in [-0.1, -0.05) is 70.0 Å². The van der Waals surface area contributed by atoms with Crippen LogP contribution >= 0.6 is 27.5 Å². The predicted molar refractivity (Wildman–Crippen MR) is 130 cm³/mol. The summed E-state index contributed by atoms with van der Waals surface area (Å²) < 4.78 is 6.71. The highest BCUT2D eigenvalue weighted by atomic mass is 79.9. The average molecular weight is 512 g/mol. The molecule has 2 amide bonds. The van der Waals surface area contributed by atoms with Gasteiger partial charge in [0, 0.05) is 16.0 Å². The van der Waals surface area contributed by atoms with E-state index in [0.29, 0.717) is 29.4 Å². The Morgan fingerprint density at radius 2 is 1.75 bits per heavy atom. The molecule has 0 bridgehead atoms. The predicted octanol–water partition coefficient (Wildman–Crippen LogP) is 5.23. The Labute approximate surface area is 199 Å². The van der Waals surface area contributed by atoms with Gasteiger partial charge in [-0.3, -0.25) is 14.5 Å². The molecule has 0 saturated heterocycles. The Bertz CT molecular complexity index is 1180. The van der Waals surface area contributed by atoms with Gasteiger partial charge in [0.15, 0.2) is 11.5 Å². The van der Waals surface area contributed by atoms with Crippen molar-refractivity contribution in [1.29, 1.82) is 0 Å². The summed E-state index contributed by atoms with van der Waals surface area (Å²) in [5, 5.41) is 3.56. The largest absolute Gasteiger partial charge is 0.449 e. The molecule has 0 fully saturated rings. The maximum absolute atomic E-state index is 13.2. The molecule has 0 saturated carbocycles. The number of fused-ring (bicyclic) bond motifs is 1. The van der Waals surface area contributed by atoms with Crippen LogP contribution in [0.1, 0.15) is 11.1 Å². The standard InChI is InChI=1S/C25H20BrClN2O3/c26-20-6-2-1-5-18(20)15-23-25(31)29(21-7-3-4-8-22(21)32-23)16-24(30)28-14-13-17-9-11-19(27)12-10-17/h1-12,15H,13-14,16H2,(H,28,30)/b23-15+. The third-order valence-electron chi connectivity index (χ3n) is 4.97. The van der Waals surface area contributed by atoms with Crippen LogP contribution < -0.4 is 15.0 Å². The van der Waals surface area contributed by atoms with Gasteiger partial charge >= 0.3 is 0 Å². The van der Waals surface area contributed by atoms with Crippen LogP contribution in [0, 0.1) is 0 Å². The normalized spacial score (nSPS) is 14.1. The molecule has 0 unspecified atom stereocenters. The molecule has 3 aromatic carbocycles. The lowest BCUT2D eigenvalue weighted by Gasteiger charge is -2.30. The first-order valence-corrected chi connectivity index (χ1v) is 11.2. The van der Waals surface area contributed by atoms with Crippen LogP contribution in [0.15, 0.2) is 83.0 Å². The smallest absolute Gasteiger partial charge is 0.294 e. The zero-order valence-corrected chi connectivity index (χ0v) is 19.4. The molecule has 3 aromatic rings. The number of carbonyl (C=O) groups excluding carboxylic acids is 2. The second kappa shape index (κ2) is 10.0. The Morgan fingerprint density at radius 1 is 1.03 bits per heavy atom. The molecule has 162 valence electrons. The molecule has 0 spiro atoms. The first-order chi connectivity index (χ1) is 15.5. The monoisotopic (exact) mass is 510 g/mol. The highest BCUT2D eigenvalue weighted by Gasteiger charge is 2.31. The van der Waals surface area contributed by atoms with Crippen molar-refractivity contribution in [1.82, 2.24) is 5.32 Å². The fourth-order valence-electron chi connectivity index (χ4n) is 3.35. The van der Waals surface area contributed by atoms with E-state index in [1.807, 2.05) is 60.7 Å². The zero-order valence-electron chi connectivity index (χ0n) is 17.1. The van der Waals surface area contributed by atoms with Gasteiger partial charge in [0.1, 0.15) is 6.54 Å². The highest BCUT2D eigenvalue weighted by Crippen LogP contribution is 2.35. The molecule has 0 aromatic heterocycles. The molecule has 4 rings (SSSR count). The van der Waals surface area contributed by atoms with Crippen molar-refractivity contribution in [2.45, 2.75) is 6.42 Å². The molecular formula is C25H20BrClN2O3. The van der Waals surface area contributed by atoms with Crippen LogP contribution in [0.5, 0.6) is 5.75 Å². The number of carbonyl (C=O) groups is 2. The summed E-state index contributed by atoms with van der Waals surface area (Å²) >= 11 is 9.39. The molecule has 7 heteroatoms.